The second kappa shape index (κ2) is 44.3. The lowest BCUT2D eigenvalue weighted by Gasteiger charge is -2.43. The average Bonchev–Trinajstić information content (AvgIpc) is 3.35. The van der Waals surface area contributed by atoms with Gasteiger partial charge in [0.15, 0.2) is 29.0 Å². The number of carbonyl (C=O) groups is 6. The van der Waals surface area contributed by atoms with Crippen LogP contribution in [0.5, 0.6) is 0 Å². The summed E-state index contributed by atoms with van der Waals surface area (Å²) in [6, 6.07) is -2.13. The van der Waals surface area contributed by atoms with Crippen LogP contribution in [0, 0.1) is 0 Å². The molecule has 0 saturated heterocycles. The molecule has 410 valence electrons. The molecule has 6 N–H and O–H groups in total. The number of aliphatic carboxylic acids is 1. The molecule has 12 nitrogen and oxygen atoms in total. The highest BCUT2D eigenvalue weighted by Gasteiger charge is 2.67. The molecule has 13 heteroatoms. The number of aliphatic hydroxyl groups is 3. The Kier molecular flexibility index (Phi) is 42.9. The smallest absolute Gasteiger partial charge is 0.327 e. The number of rotatable bonds is 52. The van der Waals surface area contributed by atoms with E-state index in [1.54, 1.807) is 0 Å². The third-order valence-corrected chi connectivity index (χ3v) is 14.7. The summed E-state index contributed by atoms with van der Waals surface area (Å²) >= 11 is 4.05. The molecule has 0 aliphatic carbocycles. The van der Waals surface area contributed by atoms with E-state index in [4.69, 9.17) is 5.73 Å². The van der Waals surface area contributed by atoms with Crippen molar-refractivity contribution in [1.29, 1.82) is 0 Å². The van der Waals surface area contributed by atoms with Crippen molar-refractivity contribution in [3.05, 3.63) is 0 Å². The fourth-order valence-corrected chi connectivity index (χ4v) is 9.95. The monoisotopic (exact) mass is 1010 g/mol. The topological polar surface area (TPSA) is 213 Å². The molecule has 70 heavy (non-hydrogen) atoms. The molecule has 0 rings (SSSR count). The minimum absolute atomic E-state index is 0.000126. The highest BCUT2D eigenvalue weighted by molar-refractivity contribution is 7.80. The maximum absolute atomic E-state index is 14.9. The van der Waals surface area contributed by atoms with E-state index >= 15 is 0 Å². The second-order valence-corrected chi connectivity index (χ2v) is 20.9. The molecular formula is C57H106N2O10S. The number of hydrogen-bond acceptors (Lipinski definition) is 11. The van der Waals surface area contributed by atoms with E-state index in [1.165, 1.54) is 128 Å². The number of nitrogens with two attached hydrogens (primary N) is 1. The van der Waals surface area contributed by atoms with Crippen LogP contribution in [0.4, 0.5) is 0 Å². The Balaban J connectivity index is 6.37. The van der Waals surface area contributed by atoms with Gasteiger partial charge in [-0.15, -0.1) is 0 Å². The minimum Gasteiger partial charge on any atom is -0.480 e. The van der Waals surface area contributed by atoms with E-state index in [0.717, 1.165) is 83.5 Å². The lowest BCUT2D eigenvalue weighted by atomic mass is 9.67. The summed E-state index contributed by atoms with van der Waals surface area (Å²) in [6.07, 6.45) is 36.4. The molecule has 0 spiro atoms. The van der Waals surface area contributed by atoms with Crippen molar-refractivity contribution < 1.29 is 49.2 Å². The SMILES string of the molecule is CCCCCCCCCCCCCCCC(=O)C(O)(C(=O)CCCCCCCCCCCCCCC)[C@@](N)(C(=O)CCCCCCCCCCCCCCC)C(=O)N(C(=O)C(O)CO)[C@@H](CS)C(=O)O. The number of amides is 2. The highest BCUT2D eigenvalue weighted by Crippen LogP contribution is 2.34. The molecule has 0 saturated carbocycles. The maximum atomic E-state index is 14.9. The van der Waals surface area contributed by atoms with Gasteiger partial charge in [-0.05, 0) is 19.3 Å². The first-order valence-electron chi connectivity index (χ1n) is 28.9. The molecule has 0 aromatic heterocycles. The standard InChI is InChI=1S/C57H106N2O10S/c1-4-7-10-13-16-19-22-25-28-31-34-37-40-43-50(62)56(58,55(68)59(48(47-70)54(66)67)53(65)49(61)46-60)57(69,51(63)44-41-38-35-32-29-26-23-20-17-14-11-8-5-2)52(64)45-42-39-36-33-30-27-24-21-18-15-12-9-6-3/h48-49,60-61,69-70H,4-47,58H2,1-3H3,(H,66,67)/t48-,49?,56+/m0/s1. The summed E-state index contributed by atoms with van der Waals surface area (Å²) in [6.45, 7) is 5.41. The van der Waals surface area contributed by atoms with E-state index in [0.29, 0.717) is 19.3 Å². The lowest BCUT2D eigenvalue weighted by molar-refractivity contribution is -0.178. The van der Waals surface area contributed by atoms with Crippen LogP contribution in [-0.2, 0) is 28.8 Å². The van der Waals surface area contributed by atoms with Gasteiger partial charge in [-0.1, -0.05) is 252 Å². The van der Waals surface area contributed by atoms with Gasteiger partial charge in [0.1, 0.15) is 6.04 Å². The van der Waals surface area contributed by atoms with Gasteiger partial charge < -0.3 is 26.2 Å². The summed E-state index contributed by atoms with van der Waals surface area (Å²) in [4.78, 5) is 84.9. The van der Waals surface area contributed by atoms with Gasteiger partial charge in [0, 0.05) is 25.0 Å². The van der Waals surface area contributed by atoms with Crippen molar-refractivity contribution >= 4 is 47.8 Å². The first-order chi connectivity index (χ1) is 33.8. The minimum atomic E-state index is -3.45. The van der Waals surface area contributed by atoms with Crippen LogP contribution in [0.25, 0.3) is 0 Å². The highest BCUT2D eigenvalue weighted by atomic mass is 32.1. The molecule has 0 bridgehead atoms. The average molecular weight is 1010 g/mol. The molecule has 1 unspecified atom stereocenters. The summed E-state index contributed by atoms with van der Waals surface area (Å²) in [5.74, 6) is -9.34. The number of carboxylic acids is 1. The van der Waals surface area contributed by atoms with Crippen molar-refractivity contribution in [2.45, 2.75) is 314 Å². The van der Waals surface area contributed by atoms with E-state index in [9.17, 15) is 49.2 Å². The zero-order valence-corrected chi connectivity index (χ0v) is 45.9. The van der Waals surface area contributed by atoms with E-state index in [2.05, 4.69) is 33.4 Å². The van der Waals surface area contributed by atoms with Crippen molar-refractivity contribution in [3.63, 3.8) is 0 Å². The zero-order chi connectivity index (χ0) is 52.3. The van der Waals surface area contributed by atoms with Crippen LogP contribution in [0.2, 0.25) is 0 Å². The van der Waals surface area contributed by atoms with E-state index in [1.807, 2.05) is 0 Å². The maximum Gasteiger partial charge on any atom is 0.327 e. The van der Waals surface area contributed by atoms with Gasteiger partial charge in [-0.25, -0.2) is 4.79 Å². The molecule has 0 fully saturated rings. The summed E-state index contributed by atoms with van der Waals surface area (Å²) in [5.41, 5.74) is -0.0474. The third kappa shape index (κ3) is 27.7. The largest absolute Gasteiger partial charge is 0.480 e. The quantitative estimate of drug-likeness (QED) is 0.0192. The lowest BCUT2D eigenvalue weighted by Crippen LogP contribution is -2.79. The fourth-order valence-electron chi connectivity index (χ4n) is 9.63. The van der Waals surface area contributed by atoms with Crippen LogP contribution in [0.3, 0.4) is 0 Å². The number of Topliss-reactive ketones (excluding diaryl/α,β-unsaturated/α-hetero) is 3. The van der Waals surface area contributed by atoms with Crippen molar-refractivity contribution in [2.24, 2.45) is 5.73 Å². The van der Waals surface area contributed by atoms with Gasteiger partial charge in [0.05, 0.1) is 6.61 Å². The molecule has 0 aliphatic heterocycles. The second-order valence-electron chi connectivity index (χ2n) is 20.5. The Morgan fingerprint density at radius 2 is 0.700 bits per heavy atom. The third-order valence-electron chi connectivity index (χ3n) is 14.4. The fraction of sp³-hybridized carbons (Fsp3) is 0.895. The van der Waals surface area contributed by atoms with Gasteiger partial charge in [-0.2, -0.15) is 12.6 Å². The molecule has 2 amide bonds. The Morgan fingerprint density at radius 1 is 0.457 bits per heavy atom. The molecular weight excluding hydrogens is 905 g/mol. The Bertz CT molecular complexity index is 1340. The number of imide groups is 1. The van der Waals surface area contributed by atoms with Gasteiger partial charge >= 0.3 is 5.97 Å². The van der Waals surface area contributed by atoms with Crippen LogP contribution in [0.15, 0.2) is 0 Å². The Hall–Kier alpha value is -2.19. The normalized spacial score (nSPS) is 13.5. The number of nitrogens with zero attached hydrogens (tertiary/aromatic N) is 1. The number of hydrogen-bond donors (Lipinski definition) is 6. The summed E-state index contributed by atoms with van der Waals surface area (Å²) < 4.78 is 0. The molecule has 3 atom stereocenters. The number of unbranched alkanes of at least 4 members (excludes halogenated alkanes) is 36. The predicted molar refractivity (Wildman–Crippen MR) is 288 cm³/mol. The van der Waals surface area contributed by atoms with Crippen molar-refractivity contribution in [2.75, 3.05) is 12.4 Å². The first-order valence-corrected chi connectivity index (χ1v) is 29.5. The van der Waals surface area contributed by atoms with E-state index < -0.39 is 77.2 Å². The van der Waals surface area contributed by atoms with Gasteiger partial charge in [-0.3, -0.25) is 28.9 Å². The molecule has 0 aliphatic rings. The molecule has 0 radical (unpaired) electrons. The van der Waals surface area contributed by atoms with Crippen LogP contribution < -0.4 is 5.73 Å². The van der Waals surface area contributed by atoms with Crippen molar-refractivity contribution in [1.82, 2.24) is 4.90 Å². The van der Waals surface area contributed by atoms with E-state index in [-0.39, 0.29) is 37.0 Å². The summed E-state index contributed by atoms with van der Waals surface area (Å²) in [5, 5.41) is 43.1. The van der Waals surface area contributed by atoms with Gasteiger partial charge in [0.25, 0.3) is 11.8 Å². The summed E-state index contributed by atoms with van der Waals surface area (Å²) in [7, 11) is 0. The number of carboxylic acid groups (broad SMARTS) is 1. The van der Waals surface area contributed by atoms with Crippen molar-refractivity contribution in [3.8, 4) is 0 Å². The first kappa shape index (κ1) is 67.8. The van der Waals surface area contributed by atoms with Crippen LogP contribution in [-0.4, -0.2) is 96.1 Å². The predicted octanol–water partition coefficient (Wildman–Crippen LogP) is 12.7. The Morgan fingerprint density at radius 3 is 0.929 bits per heavy atom. The zero-order valence-electron chi connectivity index (χ0n) is 45.0. The van der Waals surface area contributed by atoms with Crippen LogP contribution >= 0.6 is 12.6 Å². The Labute approximate surface area is 432 Å². The number of ketones is 3. The van der Waals surface area contributed by atoms with Gasteiger partial charge in [0.2, 0.25) is 5.60 Å². The number of carbonyl (C=O) groups excluding carboxylic acids is 5. The molecule has 0 aromatic rings. The molecule has 0 heterocycles. The number of aliphatic hydroxyl groups excluding tert-OH is 2. The van der Waals surface area contributed by atoms with Crippen LogP contribution in [0.1, 0.15) is 290 Å². The molecule has 0 aromatic carbocycles. The number of thiol groups is 1.